The molecule has 1 aromatic heterocycles. The Morgan fingerprint density at radius 1 is 1.21 bits per heavy atom. The van der Waals surface area contributed by atoms with E-state index in [9.17, 15) is 0 Å². The largest absolute Gasteiger partial charge is 0.482 e. The zero-order valence-corrected chi connectivity index (χ0v) is 11.3. The maximum absolute atomic E-state index is 6.36. The van der Waals surface area contributed by atoms with E-state index in [-0.39, 0.29) is 5.60 Å². The van der Waals surface area contributed by atoms with E-state index in [1.165, 1.54) is 12.8 Å². The second kappa shape index (κ2) is 3.90. The van der Waals surface area contributed by atoms with Crippen molar-refractivity contribution in [2.45, 2.75) is 31.3 Å². The molecule has 1 N–H and O–H groups in total. The number of aromatic amines is 1. The van der Waals surface area contributed by atoms with Gasteiger partial charge in [0, 0.05) is 11.1 Å². The summed E-state index contributed by atoms with van der Waals surface area (Å²) in [5.41, 5.74) is 3.00. The number of H-pyrrole nitrogens is 1. The normalized spacial score (nSPS) is 18.7. The molecule has 1 fully saturated rings. The highest BCUT2D eigenvalue weighted by atomic mass is 32.1. The number of nitrogens with zero attached hydrogens (tertiary/aromatic N) is 1. The van der Waals surface area contributed by atoms with Crippen LogP contribution in [0.15, 0.2) is 30.3 Å². The molecule has 0 saturated heterocycles. The number of ether oxygens (including phenoxy) is 1. The molecule has 2 aliphatic rings. The van der Waals surface area contributed by atoms with E-state index in [0.717, 1.165) is 35.4 Å². The van der Waals surface area contributed by atoms with Crippen LogP contribution in [0.3, 0.4) is 0 Å². The van der Waals surface area contributed by atoms with Crippen molar-refractivity contribution in [2.75, 3.05) is 0 Å². The van der Waals surface area contributed by atoms with E-state index in [2.05, 4.69) is 16.3 Å². The van der Waals surface area contributed by atoms with Crippen LogP contribution in [-0.2, 0) is 5.60 Å². The Kier molecular flexibility index (Phi) is 2.30. The molecule has 3 nitrogen and oxygen atoms in total. The molecule has 1 spiro atoms. The number of hydrogen-bond donors (Lipinski definition) is 1. The van der Waals surface area contributed by atoms with Gasteiger partial charge in [0.05, 0.1) is 0 Å². The van der Waals surface area contributed by atoms with Crippen molar-refractivity contribution in [3.05, 3.63) is 40.5 Å². The summed E-state index contributed by atoms with van der Waals surface area (Å²) in [7, 11) is 0. The highest BCUT2D eigenvalue weighted by Gasteiger charge is 2.43. The van der Waals surface area contributed by atoms with Gasteiger partial charge in [0.25, 0.3) is 0 Å². The maximum atomic E-state index is 6.36. The van der Waals surface area contributed by atoms with Crippen LogP contribution in [0, 0.1) is 4.64 Å². The lowest BCUT2D eigenvalue weighted by molar-refractivity contribution is 0.0703. The fraction of sp³-hybridized carbons (Fsp3) is 0.333. The number of rotatable bonds is 0. The molecule has 1 saturated carbocycles. The third-order valence-electron chi connectivity index (χ3n) is 4.16. The van der Waals surface area contributed by atoms with Crippen molar-refractivity contribution >= 4 is 12.2 Å². The molecule has 1 aliphatic carbocycles. The van der Waals surface area contributed by atoms with Gasteiger partial charge in [-0.2, -0.15) is 5.10 Å². The molecule has 0 bridgehead atoms. The topological polar surface area (TPSA) is 37.9 Å². The van der Waals surface area contributed by atoms with Crippen molar-refractivity contribution in [3.63, 3.8) is 0 Å². The summed E-state index contributed by atoms with van der Waals surface area (Å²) in [6.07, 6.45) is 4.50. The molecule has 0 unspecified atom stereocenters. The van der Waals surface area contributed by atoms with Gasteiger partial charge in [-0.15, -0.1) is 0 Å². The lowest BCUT2D eigenvalue weighted by Gasteiger charge is -2.36. The molecule has 1 aliphatic heterocycles. The van der Waals surface area contributed by atoms with Crippen molar-refractivity contribution in [2.24, 2.45) is 0 Å². The van der Waals surface area contributed by atoms with Crippen molar-refractivity contribution < 1.29 is 4.74 Å². The molecule has 4 heteroatoms. The average molecular weight is 270 g/mol. The van der Waals surface area contributed by atoms with Crippen LogP contribution in [0.2, 0.25) is 0 Å². The first kappa shape index (κ1) is 11.2. The van der Waals surface area contributed by atoms with Gasteiger partial charge in [-0.25, -0.2) is 0 Å². The number of hydrogen-bond acceptors (Lipinski definition) is 3. The molecular weight excluding hydrogens is 256 g/mol. The summed E-state index contributed by atoms with van der Waals surface area (Å²) in [5, 5.41) is 7.39. The van der Waals surface area contributed by atoms with E-state index in [1.54, 1.807) is 0 Å². The number of fused-ring (bicyclic) bond motifs is 4. The van der Waals surface area contributed by atoms with Crippen LogP contribution in [-0.4, -0.2) is 10.2 Å². The van der Waals surface area contributed by atoms with Crippen molar-refractivity contribution in [3.8, 4) is 17.0 Å². The Labute approximate surface area is 116 Å². The summed E-state index contributed by atoms with van der Waals surface area (Å²) in [6.45, 7) is 0. The van der Waals surface area contributed by atoms with Crippen LogP contribution in [0.5, 0.6) is 5.75 Å². The van der Waals surface area contributed by atoms with Crippen LogP contribution in [0.4, 0.5) is 0 Å². The minimum Gasteiger partial charge on any atom is -0.482 e. The summed E-state index contributed by atoms with van der Waals surface area (Å²) in [5.74, 6) is 0.940. The fourth-order valence-electron chi connectivity index (χ4n) is 3.29. The van der Waals surface area contributed by atoms with Gasteiger partial charge in [-0.05, 0) is 43.9 Å². The standard InChI is InChI=1S/C15H14N2OS/c19-13-9-11-14(17-16-13)10-5-1-2-6-12(10)18-15(11)7-3-4-8-15/h1-2,5-6,9H,3-4,7-8H2,(H,16,19). The zero-order chi connectivity index (χ0) is 12.9. The number of para-hydroxylation sites is 1. The monoisotopic (exact) mass is 270 g/mol. The summed E-state index contributed by atoms with van der Waals surface area (Å²) >= 11 is 5.24. The van der Waals surface area contributed by atoms with Crippen LogP contribution in [0.25, 0.3) is 11.3 Å². The Morgan fingerprint density at radius 2 is 2.00 bits per heavy atom. The van der Waals surface area contributed by atoms with Crippen molar-refractivity contribution in [1.82, 2.24) is 10.2 Å². The van der Waals surface area contributed by atoms with Gasteiger partial charge in [-0.3, -0.25) is 5.10 Å². The summed E-state index contributed by atoms with van der Waals surface area (Å²) < 4.78 is 7.04. The molecule has 0 radical (unpaired) electrons. The number of nitrogens with one attached hydrogen (secondary N) is 1. The van der Waals surface area contributed by atoms with E-state index in [4.69, 9.17) is 17.0 Å². The highest BCUT2D eigenvalue weighted by Crippen LogP contribution is 2.51. The average Bonchev–Trinajstić information content (AvgIpc) is 2.88. The Hall–Kier alpha value is -1.68. The minimum absolute atomic E-state index is 0.209. The minimum atomic E-state index is -0.209. The van der Waals surface area contributed by atoms with E-state index < -0.39 is 0 Å². The molecule has 4 rings (SSSR count). The van der Waals surface area contributed by atoms with Gasteiger partial charge in [0.2, 0.25) is 0 Å². The van der Waals surface area contributed by atoms with Crippen LogP contribution < -0.4 is 4.74 Å². The second-order valence-electron chi connectivity index (χ2n) is 5.29. The first-order valence-electron chi connectivity index (χ1n) is 6.67. The predicted octanol–water partition coefficient (Wildman–Crippen LogP) is 3.97. The van der Waals surface area contributed by atoms with E-state index in [0.29, 0.717) is 4.64 Å². The smallest absolute Gasteiger partial charge is 0.136 e. The first-order valence-corrected chi connectivity index (χ1v) is 7.08. The SMILES string of the molecule is S=c1cc2c(n[nH]1)-c1ccccc1OC21CCCC1. The summed E-state index contributed by atoms with van der Waals surface area (Å²) in [6, 6.07) is 10.1. The lowest BCUT2D eigenvalue weighted by atomic mass is 9.86. The fourth-order valence-corrected chi connectivity index (χ4v) is 3.45. The molecular formula is C15H14N2OS. The van der Waals surface area contributed by atoms with E-state index in [1.807, 2.05) is 24.3 Å². The molecule has 0 amide bonds. The molecule has 19 heavy (non-hydrogen) atoms. The third kappa shape index (κ3) is 1.56. The highest BCUT2D eigenvalue weighted by molar-refractivity contribution is 7.71. The Balaban J connectivity index is 2.03. The van der Waals surface area contributed by atoms with E-state index >= 15 is 0 Å². The van der Waals surface area contributed by atoms with Gasteiger partial charge in [0.1, 0.15) is 21.7 Å². The molecule has 2 heterocycles. The number of aromatic nitrogens is 2. The third-order valence-corrected chi connectivity index (χ3v) is 4.37. The molecule has 0 atom stereocenters. The zero-order valence-electron chi connectivity index (χ0n) is 10.5. The Morgan fingerprint density at radius 3 is 2.84 bits per heavy atom. The predicted molar refractivity (Wildman–Crippen MR) is 75.6 cm³/mol. The van der Waals surface area contributed by atoms with Gasteiger partial charge in [-0.1, -0.05) is 24.4 Å². The van der Waals surface area contributed by atoms with Gasteiger partial charge < -0.3 is 4.74 Å². The molecule has 1 aromatic carbocycles. The lowest BCUT2D eigenvalue weighted by Crippen LogP contribution is -2.33. The number of benzene rings is 1. The van der Waals surface area contributed by atoms with Crippen LogP contribution >= 0.6 is 12.2 Å². The Bertz CT molecular complexity index is 701. The second-order valence-corrected chi connectivity index (χ2v) is 5.73. The quantitative estimate of drug-likeness (QED) is 0.736. The first-order chi connectivity index (χ1) is 9.28. The van der Waals surface area contributed by atoms with Gasteiger partial charge >= 0.3 is 0 Å². The molecule has 96 valence electrons. The maximum Gasteiger partial charge on any atom is 0.136 e. The molecule has 2 aromatic rings. The van der Waals surface area contributed by atoms with Gasteiger partial charge in [0.15, 0.2) is 0 Å². The van der Waals surface area contributed by atoms with Crippen molar-refractivity contribution in [1.29, 1.82) is 0 Å². The summed E-state index contributed by atoms with van der Waals surface area (Å²) in [4.78, 5) is 0. The van der Waals surface area contributed by atoms with Crippen LogP contribution in [0.1, 0.15) is 31.2 Å².